The van der Waals surface area contributed by atoms with Gasteiger partial charge in [0.05, 0.1) is 43.1 Å². The molecule has 0 spiro atoms. The lowest BCUT2D eigenvalue weighted by molar-refractivity contribution is -0.492. The summed E-state index contributed by atoms with van der Waals surface area (Å²) in [5, 5.41) is 59.7. The van der Waals surface area contributed by atoms with Gasteiger partial charge in [-0.25, -0.2) is 9.18 Å². The SMILES string of the molecule is C[C@@H]1C[C@H]2[C@@H]3CCC4=CC(=O)C=C[C@]4(C)[C@@]3(F)[C@@H](O)C[C@]2(C)[C@@]1(O)C(=O)COC(=O)CC(NC(=O)CCCCCON(O)O)C(=O)OCCCCON(O)O. The quantitative estimate of drug-likeness (QED) is 0.0530. The number of alkyl halides is 1. The van der Waals surface area contributed by atoms with E-state index in [-0.39, 0.29) is 57.7 Å². The molecule has 9 atom stereocenters. The first-order valence-corrected chi connectivity index (χ1v) is 18.6. The minimum absolute atomic E-state index is 0.0298. The van der Waals surface area contributed by atoms with Crippen molar-refractivity contribution in [1.82, 2.24) is 16.1 Å². The lowest BCUT2D eigenvalue weighted by atomic mass is 9.44. The van der Waals surface area contributed by atoms with Gasteiger partial charge in [0.2, 0.25) is 11.7 Å². The van der Waals surface area contributed by atoms with E-state index >= 15 is 4.39 Å². The summed E-state index contributed by atoms with van der Waals surface area (Å²) in [6.45, 7) is 3.76. The van der Waals surface area contributed by atoms with Gasteiger partial charge in [-0.05, 0) is 82.3 Å². The number of hydrogen-bond acceptors (Lipinski definition) is 17. The van der Waals surface area contributed by atoms with Crippen molar-refractivity contribution in [2.75, 3.05) is 26.4 Å². The number of unbranched alkanes of at least 4 members (excludes halogenated alkanes) is 3. The number of hydrogen-bond donors (Lipinski definition) is 7. The van der Waals surface area contributed by atoms with Crippen LogP contribution in [0.1, 0.15) is 91.4 Å². The lowest BCUT2D eigenvalue weighted by Gasteiger charge is -2.62. The van der Waals surface area contributed by atoms with Crippen molar-refractivity contribution < 1.29 is 78.6 Å². The van der Waals surface area contributed by atoms with Crippen molar-refractivity contribution in [3.63, 3.8) is 0 Å². The molecular weight excluding hydrogens is 733 g/mol. The van der Waals surface area contributed by atoms with Gasteiger partial charge in [-0.15, -0.1) is 0 Å². The van der Waals surface area contributed by atoms with Gasteiger partial charge in [0.15, 0.2) is 18.1 Å². The zero-order chi connectivity index (χ0) is 40.8. The molecule has 0 aromatic heterocycles. The molecule has 0 aromatic rings. The van der Waals surface area contributed by atoms with E-state index in [1.807, 2.05) is 0 Å². The highest BCUT2D eigenvalue weighted by atomic mass is 19.1. The van der Waals surface area contributed by atoms with E-state index in [9.17, 15) is 34.2 Å². The summed E-state index contributed by atoms with van der Waals surface area (Å²) in [6.07, 6.45) is 4.16. The zero-order valence-corrected chi connectivity index (χ0v) is 31.4. The van der Waals surface area contributed by atoms with Crippen LogP contribution in [-0.2, 0) is 43.1 Å². The lowest BCUT2D eigenvalue weighted by Crippen LogP contribution is -2.69. The molecule has 1 unspecified atom stereocenters. The number of aliphatic hydroxyl groups excluding tert-OH is 1. The number of ketones is 2. The normalized spacial score (nSPS) is 33.0. The van der Waals surface area contributed by atoms with E-state index < -0.39 is 99.4 Å². The number of aliphatic hydroxyl groups is 2. The number of ether oxygens (including phenoxy) is 2. The number of esters is 2. The Labute approximate surface area is 317 Å². The van der Waals surface area contributed by atoms with Crippen LogP contribution in [0.25, 0.3) is 0 Å². The highest BCUT2D eigenvalue weighted by Gasteiger charge is 2.75. The monoisotopic (exact) mass is 787 g/mol. The van der Waals surface area contributed by atoms with Crippen LogP contribution in [0.15, 0.2) is 23.8 Å². The number of halogens is 1. The van der Waals surface area contributed by atoms with Gasteiger partial charge in [0, 0.05) is 23.2 Å². The fourth-order valence-corrected chi connectivity index (χ4v) is 9.42. The molecule has 0 aliphatic heterocycles. The summed E-state index contributed by atoms with van der Waals surface area (Å²) in [5.74, 6) is -5.77. The molecule has 0 aromatic carbocycles. The molecule has 310 valence electrons. The van der Waals surface area contributed by atoms with Crippen molar-refractivity contribution in [1.29, 1.82) is 0 Å². The molecule has 0 saturated heterocycles. The summed E-state index contributed by atoms with van der Waals surface area (Å²) in [5.41, 5.74) is -6.25. The Hall–Kier alpha value is -3.24. The Morgan fingerprint density at radius 3 is 2.25 bits per heavy atom. The Balaban J connectivity index is 1.40. The Bertz CT molecular complexity index is 1490. The molecule has 4 rings (SSSR count). The van der Waals surface area contributed by atoms with Crippen molar-refractivity contribution in [3.05, 3.63) is 23.8 Å². The summed E-state index contributed by atoms with van der Waals surface area (Å²) in [4.78, 5) is 73.7. The van der Waals surface area contributed by atoms with E-state index in [0.29, 0.717) is 37.7 Å². The average molecular weight is 788 g/mol. The highest BCUT2D eigenvalue weighted by Crippen LogP contribution is 2.70. The van der Waals surface area contributed by atoms with E-state index in [0.717, 1.165) is 0 Å². The first-order chi connectivity index (χ1) is 25.8. The van der Waals surface area contributed by atoms with E-state index in [1.54, 1.807) is 20.8 Å². The summed E-state index contributed by atoms with van der Waals surface area (Å²) in [7, 11) is 0. The third-order valence-corrected chi connectivity index (χ3v) is 12.2. The van der Waals surface area contributed by atoms with Gasteiger partial charge >= 0.3 is 11.9 Å². The smallest absolute Gasteiger partial charge is 0.329 e. The minimum atomic E-state index is -2.17. The number of amides is 1. The third kappa shape index (κ3) is 9.33. The maximum atomic E-state index is 17.5. The number of carbonyl (C=O) groups is 5. The number of rotatable bonds is 20. The van der Waals surface area contributed by atoms with Crippen LogP contribution < -0.4 is 5.32 Å². The zero-order valence-electron chi connectivity index (χ0n) is 31.4. The average Bonchev–Trinajstić information content (AvgIpc) is 3.31. The Kier molecular flexibility index (Phi) is 14.8. The third-order valence-electron chi connectivity index (χ3n) is 12.2. The predicted octanol–water partition coefficient (Wildman–Crippen LogP) is 2.23. The number of nitrogens with one attached hydrogen (secondary N) is 1. The molecule has 55 heavy (non-hydrogen) atoms. The number of fused-ring (bicyclic) bond motifs is 5. The molecule has 7 N–H and O–H groups in total. The number of carbonyl (C=O) groups excluding carboxylic acids is 5. The highest BCUT2D eigenvalue weighted by molar-refractivity contribution is 6.01. The molecule has 4 aliphatic rings. The van der Waals surface area contributed by atoms with Gasteiger partial charge in [-0.3, -0.25) is 49.7 Å². The maximum absolute atomic E-state index is 17.5. The molecule has 19 heteroatoms. The number of Topliss-reactive ketones (excluding diaryl/α,β-unsaturated/α-hetero) is 1. The standard InChI is InChI=1S/C36H54FN3O15/c1-22-17-26-25-11-10-23-18-24(41)12-13-33(23,2)35(25,37)28(42)20-34(26,3)36(22,47)29(43)21-53-31(45)19-27(32(46)52-14-7-8-16-55-40(50)51)38-30(44)9-5-4-6-15-54-39(48)49/h12-13,18,22,25-28,42,47-51H,4-11,14-17,19-21H2,1-3H3,(H,38,44)/t22-,25+,26+,27?,28+,33+,34+,35+,36+/m1/s1. The van der Waals surface area contributed by atoms with Crippen LogP contribution in [0.2, 0.25) is 0 Å². The molecular formula is C36H54FN3O15. The molecule has 3 fully saturated rings. The molecule has 3 saturated carbocycles. The molecule has 0 heterocycles. The maximum Gasteiger partial charge on any atom is 0.329 e. The van der Waals surface area contributed by atoms with Gasteiger partial charge < -0.3 is 25.0 Å². The first kappa shape index (κ1) is 44.5. The van der Waals surface area contributed by atoms with Gasteiger partial charge in [-0.2, -0.15) is 0 Å². The molecule has 0 radical (unpaired) electrons. The fourth-order valence-electron chi connectivity index (χ4n) is 9.42. The van der Waals surface area contributed by atoms with Crippen LogP contribution in [-0.4, -0.2) is 121 Å². The Morgan fingerprint density at radius 2 is 1.60 bits per heavy atom. The second kappa shape index (κ2) is 18.4. The molecule has 4 aliphatic carbocycles. The van der Waals surface area contributed by atoms with Crippen molar-refractivity contribution in [2.24, 2.45) is 28.6 Å². The van der Waals surface area contributed by atoms with Gasteiger partial charge in [-0.1, -0.05) is 31.9 Å². The second-order valence-corrected chi connectivity index (χ2v) is 15.4. The summed E-state index contributed by atoms with van der Waals surface area (Å²) in [6, 6.07) is -1.52. The minimum Gasteiger partial charge on any atom is -0.464 e. The van der Waals surface area contributed by atoms with Crippen LogP contribution in [0.5, 0.6) is 0 Å². The van der Waals surface area contributed by atoms with E-state index in [2.05, 4.69) is 15.0 Å². The van der Waals surface area contributed by atoms with Crippen molar-refractivity contribution >= 4 is 29.4 Å². The number of nitrogens with zero attached hydrogens (tertiary/aromatic N) is 2. The van der Waals surface area contributed by atoms with Crippen LogP contribution in [0.3, 0.4) is 0 Å². The molecule has 18 nitrogen and oxygen atoms in total. The summed E-state index contributed by atoms with van der Waals surface area (Å²) < 4.78 is 27.9. The van der Waals surface area contributed by atoms with Crippen molar-refractivity contribution in [3.8, 4) is 0 Å². The van der Waals surface area contributed by atoms with E-state index in [4.69, 9.17) is 30.3 Å². The molecule has 1 amide bonds. The van der Waals surface area contributed by atoms with Crippen LogP contribution in [0, 0.1) is 28.6 Å². The predicted molar refractivity (Wildman–Crippen MR) is 182 cm³/mol. The topological polar surface area (TPSA) is 262 Å². The Morgan fingerprint density at radius 1 is 0.964 bits per heavy atom. The largest absolute Gasteiger partial charge is 0.464 e. The van der Waals surface area contributed by atoms with Crippen molar-refractivity contribution in [2.45, 2.75) is 115 Å². The van der Waals surface area contributed by atoms with Crippen LogP contribution >= 0.6 is 0 Å². The fraction of sp³-hybridized carbons (Fsp3) is 0.750. The second-order valence-electron chi connectivity index (χ2n) is 15.4. The van der Waals surface area contributed by atoms with Gasteiger partial charge in [0.25, 0.3) is 0 Å². The number of allylic oxidation sites excluding steroid dienone is 4. The van der Waals surface area contributed by atoms with Crippen LogP contribution in [0.4, 0.5) is 4.39 Å². The van der Waals surface area contributed by atoms with Gasteiger partial charge in [0.1, 0.15) is 11.6 Å². The van der Waals surface area contributed by atoms with E-state index in [1.165, 1.54) is 18.2 Å². The first-order valence-electron chi connectivity index (χ1n) is 18.6. The summed E-state index contributed by atoms with van der Waals surface area (Å²) >= 11 is 0. The molecule has 0 bridgehead atoms.